The van der Waals surface area contributed by atoms with Crippen molar-refractivity contribution in [2.45, 2.75) is 32.2 Å². The van der Waals surface area contributed by atoms with Crippen LogP contribution >= 0.6 is 11.6 Å². The maximum Gasteiger partial charge on any atom is 0.0741 e. The van der Waals surface area contributed by atoms with E-state index < -0.39 is 0 Å². The summed E-state index contributed by atoms with van der Waals surface area (Å²) < 4.78 is 0. The van der Waals surface area contributed by atoms with E-state index in [1.807, 2.05) is 12.1 Å². The van der Waals surface area contributed by atoms with Gasteiger partial charge in [-0.1, -0.05) is 17.7 Å². The Morgan fingerprint density at radius 2 is 2.20 bits per heavy atom. The van der Waals surface area contributed by atoms with E-state index in [0.717, 1.165) is 12.2 Å². The topological polar surface area (TPSA) is 29.3 Å². The third-order valence-electron chi connectivity index (χ3n) is 3.14. The van der Waals surface area contributed by atoms with Crippen LogP contribution in [0.3, 0.4) is 0 Å². The van der Waals surface area contributed by atoms with E-state index >= 15 is 0 Å². The zero-order valence-electron chi connectivity index (χ0n) is 9.04. The first-order valence-electron chi connectivity index (χ1n) is 5.51. The quantitative estimate of drug-likeness (QED) is 0.742. The first-order chi connectivity index (χ1) is 7.20. The summed E-state index contributed by atoms with van der Waals surface area (Å²) in [5.41, 5.74) is 7.81. The fourth-order valence-electron chi connectivity index (χ4n) is 2.23. The van der Waals surface area contributed by atoms with Crippen LogP contribution in [0.4, 0.5) is 11.4 Å². The lowest BCUT2D eigenvalue weighted by Crippen LogP contribution is -2.37. The van der Waals surface area contributed by atoms with Crippen molar-refractivity contribution in [2.75, 3.05) is 17.2 Å². The third kappa shape index (κ3) is 2.05. The highest BCUT2D eigenvalue weighted by molar-refractivity contribution is 6.33. The van der Waals surface area contributed by atoms with E-state index in [0.29, 0.717) is 16.8 Å². The number of piperidine rings is 1. The number of benzene rings is 1. The van der Waals surface area contributed by atoms with Crippen LogP contribution in [0.5, 0.6) is 0 Å². The molecule has 1 heterocycles. The van der Waals surface area contributed by atoms with Crippen LogP contribution in [-0.4, -0.2) is 12.6 Å². The molecule has 1 aromatic rings. The second-order valence-corrected chi connectivity index (χ2v) is 4.62. The van der Waals surface area contributed by atoms with Crippen LogP contribution in [-0.2, 0) is 0 Å². The molecule has 2 N–H and O–H groups in total. The predicted molar refractivity (Wildman–Crippen MR) is 66.5 cm³/mol. The molecule has 1 aliphatic rings. The second kappa shape index (κ2) is 4.31. The van der Waals surface area contributed by atoms with Crippen molar-refractivity contribution < 1.29 is 0 Å². The Morgan fingerprint density at radius 3 is 2.93 bits per heavy atom. The summed E-state index contributed by atoms with van der Waals surface area (Å²) in [6.45, 7) is 3.34. The molecule has 1 saturated heterocycles. The van der Waals surface area contributed by atoms with Gasteiger partial charge in [-0.2, -0.15) is 0 Å². The summed E-state index contributed by atoms with van der Waals surface area (Å²) in [6, 6.07) is 6.44. The Kier molecular flexibility index (Phi) is 3.06. The minimum absolute atomic E-state index is 0.569. The number of nitrogens with zero attached hydrogens (tertiary/aromatic N) is 1. The lowest BCUT2D eigenvalue weighted by molar-refractivity contribution is 0.485. The molecule has 1 aliphatic heterocycles. The number of hydrogen-bond acceptors (Lipinski definition) is 2. The summed E-state index contributed by atoms with van der Waals surface area (Å²) in [5, 5.41) is 0.658. The number of para-hydroxylation sites is 1. The highest BCUT2D eigenvalue weighted by atomic mass is 35.5. The van der Waals surface area contributed by atoms with Gasteiger partial charge in [0.2, 0.25) is 0 Å². The van der Waals surface area contributed by atoms with Gasteiger partial charge in [0.05, 0.1) is 16.4 Å². The smallest absolute Gasteiger partial charge is 0.0741 e. The zero-order chi connectivity index (χ0) is 10.8. The lowest BCUT2D eigenvalue weighted by atomic mass is 10.0. The number of nitrogen functional groups attached to an aromatic ring is 1. The largest absolute Gasteiger partial charge is 0.396 e. The Bertz CT molecular complexity index is 351. The first-order valence-corrected chi connectivity index (χ1v) is 5.88. The van der Waals surface area contributed by atoms with Crippen LogP contribution < -0.4 is 10.6 Å². The molecule has 0 bridgehead atoms. The predicted octanol–water partition coefficient (Wildman–Crippen LogP) is 3.30. The van der Waals surface area contributed by atoms with Crippen molar-refractivity contribution >= 4 is 23.0 Å². The molecule has 1 unspecified atom stereocenters. The highest BCUT2D eigenvalue weighted by Gasteiger charge is 2.20. The van der Waals surface area contributed by atoms with E-state index in [1.54, 1.807) is 0 Å². The molecule has 1 aromatic carbocycles. The summed E-state index contributed by atoms with van der Waals surface area (Å²) in [4.78, 5) is 2.37. The molecular formula is C12H17ClN2. The van der Waals surface area contributed by atoms with Crippen molar-refractivity contribution in [2.24, 2.45) is 0 Å². The Hall–Kier alpha value is -0.890. The summed E-state index contributed by atoms with van der Waals surface area (Å²) in [6.07, 6.45) is 3.81. The minimum atomic E-state index is 0.569. The van der Waals surface area contributed by atoms with E-state index in [1.165, 1.54) is 19.3 Å². The molecule has 0 aliphatic carbocycles. The molecule has 15 heavy (non-hydrogen) atoms. The molecule has 0 radical (unpaired) electrons. The summed E-state index contributed by atoms with van der Waals surface area (Å²) in [7, 11) is 0. The standard InChI is InChI=1S/C12H17ClN2/c1-9-5-2-3-8-15(9)11-7-4-6-10(13)12(11)14/h4,6-7,9H,2-3,5,8,14H2,1H3. The van der Waals surface area contributed by atoms with Crippen molar-refractivity contribution in [3.8, 4) is 0 Å². The molecule has 1 atom stereocenters. The van der Waals surface area contributed by atoms with E-state index in [9.17, 15) is 0 Å². The van der Waals surface area contributed by atoms with Crippen LogP contribution in [0.25, 0.3) is 0 Å². The number of rotatable bonds is 1. The SMILES string of the molecule is CC1CCCCN1c1cccc(Cl)c1N. The van der Waals surface area contributed by atoms with Gasteiger partial charge in [-0.3, -0.25) is 0 Å². The summed E-state index contributed by atoms with van der Waals surface area (Å²) >= 11 is 6.03. The molecule has 1 fully saturated rings. The molecule has 82 valence electrons. The Labute approximate surface area is 96.0 Å². The van der Waals surface area contributed by atoms with Crippen molar-refractivity contribution in [3.05, 3.63) is 23.2 Å². The normalized spacial score (nSPS) is 21.7. The Balaban J connectivity index is 2.31. The van der Waals surface area contributed by atoms with E-state index in [-0.39, 0.29) is 0 Å². The van der Waals surface area contributed by atoms with Crippen molar-refractivity contribution in [1.29, 1.82) is 0 Å². The minimum Gasteiger partial charge on any atom is -0.396 e. The molecular weight excluding hydrogens is 208 g/mol. The third-order valence-corrected chi connectivity index (χ3v) is 3.47. The second-order valence-electron chi connectivity index (χ2n) is 4.21. The molecule has 0 saturated carbocycles. The van der Waals surface area contributed by atoms with E-state index in [4.69, 9.17) is 17.3 Å². The monoisotopic (exact) mass is 224 g/mol. The van der Waals surface area contributed by atoms with Crippen LogP contribution in [0, 0.1) is 0 Å². The fraction of sp³-hybridized carbons (Fsp3) is 0.500. The van der Waals surface area contributed by atoms with Gasteiger partial charge in [0.15, 0.2) is 0 Å². The highest BCUT2D eigenvalue weighted by Crippen LogP contribution is 2.33. The molecule has 3 heteroatoms. The van der Waals surface area contributed by atoms with Crippen LogP contribution in [0.15, 0.2) is 18.2 Å². The van der Waals surface area contributed by atoms with Gasteiger partial charge in [-0.05, 0) is 38.3 Å². The molecule has 2 nitrogen and oxygen atoms in total. The fourth-order valence-corrected chi connectivity index (χ4v) is 2.40. The average molecular weight is 225 g/mol. The average Bonchev–Trinajstić information content (AvgIpc) is 2.23. The van der Waals surface area contributed by atoms with Gasteiger partial charge in [0, 0.05) is 12.6 Å². The number of anilines is 2. The maximum absolute atomic E-state index is 6.03. The number of hydrogen-bond donors (Lipinski definition) is 1. The molecule has 2 rings (SSSR count). The van der Waals surface area contributed by atoms with Gasteiger partial charge in [-0.15, -0.1) is 0 Å². The Morgan fingerprint density at radius 1 is 1.40 bits per heavy atom. The van der Waals surface area contributed by atoms with Gasteiger partial charge < -0.3 is 10.6 Å². The van der Waals surface area contributed by atoms with Crippen molar-refractivity contribution in [3.63, 3.8) is 0 Å². The van der Waals surface area contributed by atoms with Gasteiger partial charge >= 0.3 is 0 Å². The lowest BCUT2D eigenvalue weighted by Gasteiger charge is -2.36. The van der Waals surface area contributed by atoms with Crippen LogP contribution in [0.1, 0.15) is 26.2 Å². The molecule has 0 spiro atoms. The number of nitrogens with two attached hydrogens (primary N) is 1. The van der Waals surface area contributed by atoms with Crippen LogP contribution in [0.2, 0.25) is 5.02 Å². The van der Waals surface area contributed by atoms with Gasteiger partial charge in [0.1, 0.15) is 0 Å². The first kappa shape index (κ1) is 10.6. The van der Waals surface area contributed by atoms with Crippen molar-refractivity contribution in [1.82, 2.24) is 0 Å². The zero-order valence-corrected chi connectivity index (χ0v) is 9.80. The van der Waals surface area contributed by atoms with Gasteiger partial charge in [-0.25, -0.2) is 0 Å². The maximum atomic E-state index is 6.03. The molecule has 0 aromatic heterocycles. The van der Waals surface area contributed by atoms with Gasteiger partial charge in [0.25, 0.3) is 0 Å². The van der Waals surface area contributed by atoms with E-state index in [2.05, 4.69) is 17.9 Å². The number of halogens is 1. The summed E-state index contributed by atoms with van der Waals surface area (Å²) in [5.74, 6) is 0. The molecule has 0 amide bonds.